The molecule has 2 aromatic heterocycles. The predicted molar refractivity (Wildman–Crippen MR) is 74.2 cm³/mol. The molecule has 6 heteroatoms. The third-order valence-corrected chi connectivity index (χ3v) is 3.12. The zero-order valence-electron chi connectivity index (χ0n) is 10.0. The number of anilines is 1. The minimum Gasteiger partial charge on any atom is -0.436 e. The van der Waals surface area contributed by atoms with Gasteiger partial charge in [0.2, 0.25) is 5.89 Å². The van der Waals surface area contributed by atoms with Gasteiger partial charge in [0, 0.05) is 24.0 Å². The molecule has 0 amide bonds. The Hall–Kier alpha value is -2.27. The summed E-state index contributed by atoms with van der Waals surface area (Å²) in [7, 11) is 0. The first-order chi connectivity index (χ1) is 9.04. The van der Waals surface area contributed by atoms with Crippen molar-refractivity contribution in [2.45, 2.75) is 6.92 Å². The third-order valence-electron chi connectivity index (χ3n) is 2.79. The van der Waals surface area contributed by atoms with Gasteiger partial charge in [-0.2, -0.15) is 0 Å². The van der Waals surface area contributed by atoms with Crippen molar-refractivity contribution >= 4 is 28.4 Å². The van der Waals surface area contributed by atoms with Crippen LogP contribution in [0.4, 0.5) is 5.69 Å². The van der Waals surface area contributed by atoms with E-state index < -0.39 is 0 Å². The number of hydrogen-bond acceptors (Lipinski definition) is 4. The summed E-state index contributed by atoms with van der Waals surface area (Å²) in [6.45, 7) is 1.80. The van der Waals surface area contributed by atoms with E-state index in [1.807, 2.05) is 0 Å². The van der Waals surface area contributed by atoms with Crippen LogP contribution in [0.2, 0.25) is 5.02 Å². The molecule has 0 atom stereocenters. The van der Waals surface area contributed by atoms with Crippen molar-refractivity contribution in [2.75, 3.05) is 5.73 Å². The van der Waals surface area contributed by atoms with E-state index in [9.17, 15) is 4.79 Å². The average molecular weight is 276 g/mol. The number of aromatic nitrogens is 2. The van der Waals surface area contributed by atoms with Gasteiger partial charge in [0.15, 0.2) is 11.0 Å². The van der Waals surface area contributed by atoms with E-state index in [1.165, 1.54) is 6.07 Å². The first-order valence-electron chi connectivity index (χ1n) is 5.60. The molecule has 0 fully saturated rings. The summed E-state index contributed by atoms with van der Waals surface area (Å²) in [5.41, 5.74) is 8.16. The van der Waals surface area contributed by atoms with E-state index in [-0.39, 0.29) is 11.3 Å². The van der Waals surface area contributed by atoms with Gasteiger partial charge in [-0.1, -0.05) is 11.6 Å². The van der Waals surface area contributed by atoms with Crippen LogP contribution in [0, 0.1) is 6.92 Å². The number of nitrogens with one attached hydrogen (secondary N) is 1. The fourth-order valence-electron chi connectivity index (χ4n) is 1.82. The Morgan fingerprint density at radius 1 is 1.37 bits per heavy atom. The number of hydrogen-bond donors (Lipinski definition) is 2. The Morgan fingerprint density at radius 2 is 2.16 bits per heavy atom. The molecule has 19 heavy (non-hydrogen) atoms. The van der Waals surface area contributed by atoms with E-state index in [0.717, 1.165) is 5.69 Å². The molecule has 5 nitrogen and oxygen atoms in total. The standard InChI is InChI=1S/C13H10ClN3O2/c1-6-2-11(18)7(5-16-6)13-17-10-3-8(14)9(15)4-12(10)19-13/h2-5H,15H2,1H3,(H,16,18). The van der Waals surface area contributed by atoms with Gasteiger partial charge in [-0.25, -0.2) is 4.98 Å². The number of nitrogen functional groups attached to an aromatic ring is 1. The van der Waals surface area contributed by atoms with Gasteiger partial charge in [-0.05, 0) is 13.0 Å². The summed E-state index contributed by atoms with van der Waals surface area (Å²) < 4.78 is 5.54. The highest BCUT2D eigenvalue weighted by Crippen LogP contribution is 2.28. The number of benzene rings is 1. The summed E-state index contributed by atoms with van der Waals surface area (Å²) >= 11 is 5.92. The fourth-order valence-corrected chi connectivity index (χ4v) is 1.98. The number of H-pyrrole nitrogens is 1. The highest BCUT2D eigenvalue weighted by Gasteiger charge is 2.13. The Bertz CT molecular complexity index is 797. The summed E-state index contributed by atoms with van der Waals surface area (Å²) in [5, 5.41) is 0.408. The van der Waals surface area contributed by atoms with E-state index >= 15 is 0 Å². The quantitative estimate of drug-likeness (QED) is 0.669. The second-order valence-electron chi connectivity index (χ2n) is 4.25. The van der Waals surface area contributed by atoms with Crippen LogP contribution in [0.5, 0.6) is 0 Å². The van der Waals surface area contributed by atoms with Crippen LogP contribution < -0.4 is 11.2 Å². The normalized spacial score (nSPS) is 11.1. The van der Waals surface area contributed by atoms with Crippen molar-refractivity contribution in [3.63, 3.8) is 0 Å². The molecule has 0 bridgehead atoms. The molecule has 0 unspecified atom stereocenters. The molecule has 0 aliphatic rings. The first kappa shape index (κ1) is 11.8. The van der Waals surface area contributed by atoms with Crippen LogP contribution in [0.25, 0.3) is 22.6 Å². The lowest BCUT2D eigenvalue weighted by Crippen LogP contribution is -2.04. The monoisotopic (exact) mass is 275 g/mol. The highest BCUT2D eigenvalue weighted by molar-refractivity contribution is 6.33. The molecule has 3 N–H and O–H groups in total. The van der Waals surface area contributed by atoms with Gasteiger partial charge in [-0.15, -0.1) is 0 Å². The minimum absolute atomic E-state index is 0.151. The number of aromatic amines is 1. The minimum atomic E-state index is -0.151. The molecule has 0 saturated carbocycles. The van der Waals surface area contributed by atoms with E-state index in [0.29, 0.717) is 27.4 Å². The van der Waals surface area contributed by atoms with E-state index in [1.54, 1.807) is 25.3 Å². The molecule has 3 rings (SSSR count). The molecule has 96 valence electrons. The predicted octanol–water partition coefficient (Wildman–Crippen LogP) is 2.73. The van der Waals surface area contributed by atoms with Crippen molar-refractivity contribution in [2.24, 2.45) is 0 Å². The lowest BCUT2D eigenvalue weighted by molar-refractivity contribution is 0.619. The average Bonchev–Trinajstić information content (AvgIpc) is 2.72. The molecular formula is C13H10ClN3O2. The van der Waals surface area contributed by atoms with Gasteiger partial charge in [0.1, 0.15) is 11.1 Å². The maximum absolute atomic E-state index is 11.9. The number of aryl methyl sites for hydroxylation is 1. The molecule has 0 spiro atoms. The van der Waals surface area contributed by atoms with Crippen LogP contribution in [-0.4, -0.2) is 9.97 Å². The largest absolute Gasteiger partial charge is 0.436 e. The maximum Gasteiger partial charge on any atom is 0.232 e. The molecule has 3 aromatic rings. The van der Waals surface area contributed by atoms with Gasteiger partial charge < -0.3 is 15.1 Å². The zero-order valence-corrected chi connectivity index (χ0v) is 10.8. The Morgan fingerprint density at radius 3 is 2.89 bits per heavy atom. The second kappa shape index (κ2) is 4.13. The van der Waals surface area contributed by atoms with Crippen molar-refractivity contribution in [1.82, 2.24) is 9.97 Å². The van der Waals surface area contributed by atoms with Crippen LogP contribution in [0.1, 0.15) is 5.69 Å². The number of oxazole rings is 1. The molecule has 0 saturated heterocycles. The maximum atomic E-state index is 11.9. The van der Waals surface area contributed by atoms with Crippen molar-refractivity contribution in [3.8, 4) is 11.5 Å². The number of rotatable bonds is 1. The molecular weight excluding hydrogens is 266 g/mol. The van der Waals surface area contributed by atoms with Gasteiger partial charge in [-0.3, -0.25) is 4.79 Å². The summed E-state index contributed by atoms with van der Waals surface area (Å²) in [6.07, 6.45) is 1.58. The van der Waals surface area contributed by atoms with Gasteiger partial charge in [0.05, 0.1) is 10.7 Å². The SMILES string of the molecule is Cc1cc(=O)c(-c2nc3cc(Cl)c(N)cc3o2)c[nH]1. The Balaban J connectivity index is 2.23. The second-order valence-corrected chi connectivity index (χ2v) is 4.66. The molecule has 0 aliphatic heterocycles. The summed E-state index contributed by atoms with van der Waals surface area (Å²) in [5.74, 6) is 0.248. The summed E-state index contributed by atoms with van der Waals surface area (Å²) in [4.78, 5) is 19.1. The van der Waals surface area contributed by atoms with Crippen LogP contribution >= 0.6 is 11.6 Å². The van der Waals surface area contributed by atoms with E-state index in [4.69, 9.17) is 21.8 Å². The highest BCUT2D eigenvalue weighted by atomic mass is 35.5. The third kappa shape index (κ3) is 1.98. The first-order valence-corrected chi connectivity index (χ1v) is 5.97. The number of pyridine rings is 1. The number of nitrogens with zero attached hydrogens (tertiary/aromatic N) is 1. The van der Waals surface area contributed by atoms with E-state index in [2.05, 4.69) is 9.97 Å². The molecule has 2 heterocycles. The van der Waals surface area contributed by atoms with Crippen molar-refractivity contribution < 1.29 is 4.42 Å². The summed E-state index contributed by atoms with van der Waals surface area (Å²) in [6, 6.07) is 4.70. The topological polar surface area (TPSA) is 84.9 Å². The fraction of sp³-hybridized carbons (Fsp3) is 0.0769. The lowest BCUT2D eigenvalue weighted by Gasteiger charge is -1.95. The van der Waals surface area contributed by atoms with Crippen LogP contribution in [0.15, 0.2) is 33.6 Å². The zero-order chi connectivity index (χ0) is 13.6. The molecule has 0 aliphatic carbocycles. The lowest BCUT2D eigenvalue weighted by atomic mass is 10.2. The van der Waals surface area contributed by atoms with Crippen molar-refractivity contribution in [1.29, 1.82) is 0 Å². The number of fused-ring (bicyclic) bond motifs is 1. The number of halogens is 1. The van der Waals surface area contributed by atoms with Gasteiger partial charge >= 0.3 is 0 Å². The van der Waals surface area contributed by atoms with Crippen LogP contribution in [-0.2, 0) is 0 Å². The smallest absolute Gasteiger partial charge is 0.232 e. The number of nitrogens with two attached hydrogens (primary N) is 1. The van der Waals surface area contributed by atoms with Gasteiger partial charge in [0.25, 0.3) is 0 Å². The molecule has 1 aromatic carbocycles. The molecule has 0 radical (unpaired) electrons. The Kier molecular flexibility index (Phi) is 2.57. The van der Waals surface area contributed by atoms with Crippen molar-refractivity contribution in [3.05, 3.63) is 45.3 Å². The van der Waals surface area contributed by atoms with Crippen LogP contribution in [0.3, 0.4) is 0 Å². The Labute approximate surface area is 113 Å².